The molecular weight excluding hydrogens is 222 g/mol. The van der Waals surface area contributed by atoms with Crippen LogP contribution in [-0.4, -0.2) is 6.61 Å². The van der Waals surface area contributed by atoms with Gasteiger partial charge in [-0.2, -0.15) is 5.26 Å². The van der Waals surface area contributed by atoms with E-state index in [-0.39, 0.29) is 0 Å². The Kier molecular flexibility index (Phi) is 3.78. The van der Waals surface area contributed by atoms with Gasteiger partial charge < -0.3 is 4.74 Å². The van der Waals surface area contributed by atoms with E-state index in [4.69, 9.17) is 10.00 Å². The predicted octanol–water partition coefficient (Wildman–Crippen LogP) is 3.79. The molecule has 0 atom stereocenters. The third-order valence-electron chi connectivity index (χ3n) is 2.58. The fraction of sp³-hybridized carbons (Fsp3) is 0.0625. The van der Waals surface area contributed by atoms with Gasteiger partial charge in [0.05, 0.1) is 11.6 Å². The third-order valence-corrected chi connectivity index (χ3v) is 2.58. The molecule has 0 unspecified atom stereocenters. The largest absolute Gasteiger partial charge is 0.489 e. The second-order valence-electron chi connectivity index (χ2n) is 3.75. The number of ether oxygens (including phenoxy) is 1. The highest BCUT2D eigenvalue weighted by atomic mass is 16.5. The van der Waals surface area contributed by atoms with Gasteiger partial charge in [-0.3, -0.25) is 0 Å². The van der Waals surface area contributed by atoms with Gasteiger partial charge in [-0.15, -0.1) is 0 Å². The predicted molar refractivity (Wildman–Crippen MR) is 72.3 cm³/mol. The first-order valence-electron chi connectivity index (χ1n) is 5.69. The van der Waals surface area contributed by atoms with Crippen molar-refractivity contribution in [1.29, 1.82) is 5.26 Å². The zero-order chi connectivity index (χ0) is 12.8. The molecule has 0 aliphatic rings. The molecule has 0 bridgehead atoms. The fourth-order valence-corrected chi connectivity index (χ4v) is 1.78. The summed E-state index contributed by atoms with van der Waals surface area (Å²) in [4.78, 5) is 0. The van der Waals surface area contributed by atoms with Gasteiger partial charge >= 0.3 is 0 Å². The van der Waals surface area contributed by atoms with Crippen LogP contribution in [-0.2, 0) is 0 Å². The topological polar surface area (TPSA) is 33.0 Å². The Morgan fingerprint density at radius 2 is 1.72 bits per heavy atom. The Morgan fingerprint density at radius 1 is 1.06 bits per heavy atom. The summed E-state index contributed by atoms with van der Waals surface area (Å²) < 4.78 is 5.61. The lowest BCUT2D eigenvalue weighted by Gasteiger charge is -2.11. The van der Waals surface area contributed by atoms with Crippen LogP contribution in [0.3, 0.4) is 0 Å². The third kappa shape index (κ3) is 2.41. The number of benzene rings is 2. The molecule has 0 heterocycles. The maximum Gasteiger partial charge on any atom is 0.127 e. The molecule has 2 nitrogen and oxygen atoms in total. The summed E-state index contributed by atoms with van der Waals surface area (Å²) in [6.45, 7) is 4.08. The van der Waals surface area contributed by atoms with E-state index in [2.05, 4.69) is 12.6 Å². The van der Waals surface area contributed by atoms with Gasteiger partial charge in [0.25, 0.3) is 0 Å². The van der Waals surface area contributed by atoms with Crippen LogP contribution in [0.4, 0.5) is 0 Å². The van der Waals surface area contributed by atoms with Crippen molar-refractivity contribution in [2.75, 3.05) is 6.61 Å². The highest BCUT2D eigenvalue weighted by molar-refractivity contribution is 5.75. The summed E-state index contributed by atoms with van der Waals surface area (Å²) in [6.07, 6.45) is 1.70. The zero-order valence-electron chi connectivity index (χ0n) is 9.97. The minimum Gasteiger partial charge on any atom is -0.489 e. The van der Waals surface area contributed by atoms with E-state index in [1.54, 1.807) is 12.1 Å². The van der Waals surface area contributed by atoms with Gasteiger partial charge in [-0.25, -0.2) is 0 Å². The second-order valence-corrected chi connectivity index (χ2v) is 3.75. The Bertz CT molecular complexity index is 596. The van der Waals surface area contributed by atoms with Gasteiger partial charge in [-0.05, 0) is 12.1 Å². The van der Waals surface area contributed by atoms with Crippen molar-refractivity contribution >= 4 is 0 Å². The van der Waals surface area contributed by atoms with Crippen molar-refractivity contribution in [3.63, 3.8) is 0 Å². The SMILES string of the molecule is C=CCOc1ccccc1-c1ccccc1C#N. The summed E-state index contributed by atoms with van der Waals surface area (Å²) >= 11 is 0. The van der Waals surface area contributed by atoms with Crippen LogP contribution in [0.15, 0.2) is 61.2 Å². The summed E-state index contributed by atoms with van der Waals surface area (Å²) in [5.74, 6) is 0.764. The van der Waals surface area contributed by atoms with E-state index >= 15 is 0 Å². The first-order valence-corrected chi connectivity index (χ1v) is 5.69. The number of nitrogens with zero attached hydrogens (tertiary/aromatic N) is 1. The number of hydrogen-bond donors (Lipinski definition) is 0. The molecule has 0 aliphatic carbocycles. The van der Waals surface area contributed by atoms with E-state index in [0.717, 1.165) is 16.9 Å². The molecule has 0 spiro atoms. The summed E-state index contributed by atoms with van der Waals surface area (Å²) in [5.41, 5.74) is 2.46. The Labute approximate surface area is 107 Å². The molecule has 0 aliphatic heterocycles. The van der Waals surface area contributed by atoms with E-state index < -0.39 is 0 Å². The first kappa shape index (κ1) is 11.9. The van der Waals surface area contributed by atoms with Crippen LogP contribution in [0.25, 0.3) is 11.1 Å². The van der Waals surface area contributed by atoms with E-state index in [9.17, 15) is 0 Å². The lowest BCUT2D eigenvalue weighted by molar-refractivity contribution is 0.364. The van der Waals surface area contributed by atoms with Crippen LogP contribution >= 0.6 is 0 Å². The molecule has 0 amide bonds. The fourth-order valence-electron chi connectivity index (χ4n) is 1.78. The molecule has 2 heteroatoms. The maximum absolute atomic E-state index is 9.14. The van der Waals surface area contributed by atoms with E-state index in [1.165, 1.54) is 0 Å². The van der Waals surface area contributed by atoms with Crippen molar-refractivity contribution in [2.45, 2.75) is 0 Å². The molecular formula is C16H13NO. The molecule has 0 radical (unpaired) electrons. The smallest absolute Gasteiger partial charge is 0.127 e. The van der Waals surface area contributed by atoms with Gasteiger partial charge in [0.15, 0.2) is 0 Å². The molecule has 0 fully saturated rings. The van der Waals surface area contributed by atoms with Gasteiger partial charge in [0.2, 0.25) is 0 Å². The quantitative estimate of drug-likeness (QED) is 0.755. The molecule has 0 N–H and O–H groups in total. The standard InChI is InChI=1S/C16H13NO/c1-2-11-18-16-10-6-5-9-15(16)14-8-4-3-7-13(14)12-17/h2-10H,1,11H2. The van der Waals surface area contributed by atoms with Crippen molar-refractivity contribution in [1.82, 2.24) is 0 Å². The normalized spacial score (nSPS) is 9.50. The van der Waals surface area contributed by atoms with Crippen molar-refractivity contribution < 1.29 is 4.74 Å². The lowest BCUT2D eigenvalue weighted by atomic mass is 10.00. The van der Waals surface area contributed by atoms with Crippen LogP contribution in [0.5, 0.6) is 5.75 Å². The van der Waals surface area contributed by atoms with Crippen molar-refractivity contribution in [2.24, 2.45) is 0 Å². The number of nitriles is 1. The van der Waals surface area contributed by atoms with Crippen LogP contribution < -0.4 is 4.74 Å². The van der Waals surface area contributed by atoms with Gasteiger partial charge in [0.1, 0.15) is 12.4 Å². The van der Waals surface area contributed by atoms with Crippen molar-refractivity contribution in [3.8, 4) is 22.9 Å². The molecule has 88 valence electrons. The Morgan fingerprint density at radius 3 is 2.44 bits per heavy atom. The lowest BCUT2D eigenvalue weighted by Crippen LogP contribution is -1.95. The summed E-state index contributed by atoms with van der Waals surface area (Å²) in [5, 5.41) is 9.14. The van der Waals surface area contributed by atoms with Crippen molar-refractivity contribution in [3.05, 3.63) is 66.7 Å². The highest BCUT2D eigenvalue weighted by Gasteiger charge is 2.09. The van der Waals surface area contributed by atoms with Crippen LogP contribution in [0.1, 0.15) is 5.56 Å². The van der Waals surface area contributed by atoms with E-state index in [1.807, 2.05) is 42.5 Å². The number of hydrogen-bond acceptors (Lipinski definition) is 2. The number of para-hydroxylation sites is 1. The molecule has 0 saturated heterocycles. The molecule has 18 heavy (non-hydrogen) atoms. The average molecular weight is 235 g/mol. The van der Waals surface area contributed by atoms with E-state index in [0.29, 0.717) is 12.2 Å². The number of rotatable bonds is 4. The average Bonchev–Trinajstić information content (AvgIpc) is 2.45. The summed E-state index contributed by atoms with van der Waals surface area (Å²) in [6, 6.07) is 17.4. The maximum atomic E-state index is 9.14. The Hall–Kier alpha value is -2.53. The van der Waals surface area contributed by atoms with Crippen LogP contribution in [0.2, 0.25) is 0 Å². The molecule has 0 saturated carbocycles. The minimum absolute atomic E-state index is 0.450. The monoisotopic (exact) mass is 235 g/mol. The highest BCUT2D eigenvalue weighted by Crippen LogP contribution is 2.31. The van der Waals surface area contributed by atoms with Gasteiger partial charge in [-0.1, -0.05) is 49.1 Å². The first-order chi connectivity index (χ1) is 8.86. The molecule has 2 aromatic rings. The molecule has 0 aromatic heterocycles. The summed E-state index contributed by atoms with van der Waals surface area (Å²) in [7, 11) is 0. The zero-order valence-corrected chi connectivity index (χ0v) is 9.97. The van der Waals surface area contributed by atoms with Gasteiger partial charge in [0, 0.05) is 11.1 Å². The molecule has 2 rings (SSSR count). The minimum atomic E-state index is 0.450. The Balaban J connectivity index is 2.50. The second kappa shape index (κ2) is 5.70. The molecule has 2 aromatic carbocycles. The van der Waals surface area contributed by atoms with Crippen LogP contribution in [0, 0.1) is 11.3 Å².